The van der Waals surface area contributed by atoms with E-state index >= 15 is 0 Å². The average molecular weight is 399 g/mol. The third kappa shape index (κ3) is 3.58. The minimum Gasteiger partial charge on any atom is -0.376 e. The van der Waals surface area contributed by atoms with Crippen LogP contribution in [0, 0.1) is 0 Å². The molecular weight excluding hydrogens is 364 g/mol. The van der Waals surface area contributed by atoms with Crippen molar-refractivity contribution in [1.82, 2.24) is 10.2 Å². The molecule has 0 bridgehead atoms. The first-order valence-corrected chi connectivity index (χ1v) is 11.4. The van der Waals surface area contributed by atoms with E-state index in [0.29, 0.717) is 12.1 Å². The van der Waals surface area contributed by atoms with Crippen LogP contribution in [0.15, 0.2) is 24.3 Å². The van der Waals surface area contributed by atoms with Crippen molar-refractivity contribution in [2.24, 2.45) is 0 Å². The number of carbonyl (C=O) groups is 2. The summed E-state index contributed by atoms with van der Waals surface area (Å²) < 4.78 is 5.71. The maximum absolute atomic E-state index is 13.6. The lowest BCUT2D eigenvalue weighted by Crippen LogP contribution is -2.65. The largest absolute Gasteiger partial charge is 0.376 e. The number of nitrogens with one attached hydrogen (secondary N) is 1. The van der Waals surface area contributed by atoms with Crippen LogP contribution in [0.1, 0.15) is 87.1 Å². The lowest BCUT2D eigenvalue weighted by atomic mass is 9.64. The Bertz CT molecular complexity index is 750. The predicted octanol–water partition coefficient (Wildman–Crippen LogP) is 4.02. The number of benzene rings is 1. The molecule has 1 saturated carbocycles. The molecule has 0 aromatic heterocycles. The molecule has 29 heavy (non-hydrogen) atoms. The van der Waals surface area contributed by atoms with Crippen LogP contribution in [0.25, 0.3) is 0 Å². The van der Waals surface area contributed by atoms with Crippen molar-refractivity contribution >= 4 is 11.8 Å². The van der Waals surface area contributed by atoms with E-state index in [1.165, 1.54) is 6.42 Å². The van der Waals surface area contributed by atoms with Gasteiger partial charge in [0.2, 0.25) is 5.91 Å². The van der Waals surface area contributed by atoms with E-state index in [-0.39, 0.29) is 29.9 Å². The Kier molecular flexibility index (Phi) is 5.95. The Hall–Kier alpha value is -1.88. The molecule has 2 aliphatic heterocycles. The summed E-state index contributed by atoms with van der Waals surface area (Å²) in [6.45, 7) is 5.60. The first kappa shape index (κ1) is 20.4. The summed E-state index contributed by atoms with van der Waals surface area (Å²) in [5.41, 5.74) is 1.18. The molecule has 2 fully saturated rings. The summed E-state index contributed by atoms with van der Waals surface area (Å²) in [6, 6.07) is 7.87. The number of carbonyl (C=O) groups excluding carboxylic acids is 2. The van der Waals surface area contributed by atoms with Gasteiger partial charge in [0, 0.05) is 24.8 Å². The van der Waals surface area contributed by atoms with Crippen molar-refractivity contribution in [1.29, 1.82) is 0 Å². The second kappa shape index (κ2) is 8.47. The van der Waals surface area contributed by atoms with Gasteiger partial charge in [-0.1, -0.05) is 44.4 Å². The van der Waals surface area contributed by atoms with Gasteiger partial charge in [0.1, 0.15) is 0 Å². The molecule has 0 unspecified atom stereocenters. The Labute approximate surface area is 174 Å². The van der Waals surface area contributed by atoms with Crippen LogP contribution in [0.2, 0.25) is 0 Å². The molecule has 5 nitrogen and oxygen atoms in total. The minimum atomic E-state index is -0.417. The SMILES string of the molecule is CC[C@H](C)N1C(=O)c2ccccc2[C@@H](C(=O)NC[C@@H]2CCCO2)C12CCCCC2. The first-order chi connectivity index (χ1) is 14.1. The van der Waals surface area contributed by atoms with Gasteiger partial charge in [-0.3, -0.25) is 9.59 Å². The van der Waals surface area contributed by atoms with Gasteiger partial charge in [0.15, 0.2) is 0 Å². The molecule has 2 heterocycles. The van der Waals surface area contributed by atoms with E-state index < -0.39 is 5.54 Å². The fraction of sp³-hybridized carbons (Fsp3) is 0.667. The highest BCUT2D eigenvalue weighted by Crippen LogP contribution is 2.50. The van der Waals surface area contributed by atoms with Gasteiger partial charge in [0.25, 0.3) is 5.91 Å². The molecule has 1 aromatic rings. The topological polar surface area (TPSA) is 58.6 Å². The average Bonchev–Trinajstić information content (AvgIpc) is 3.26. The van der Waals surface area contributed by atoms with Crippen LogP contribution >= 0.6 is 0 Å². The van der Waals surface area contributed by atoms with E-state index in [2.05, 4.69) is 24.1 Å². The van der Waals surface area contributed by atoms with Crippen LogP contribution in [-0.4, -0.2) is 47.6 Å². The maximum Gasteiger partial charge on any atom is 0.254 e. The summed E-state index contributed by atoms with van der Waals surface area (Å²) in [4.78, 5) is 29.3. The fourth-order valence-corrected chi connectivity index (χ4v) is 5.73. The summed E-state index contributed by atoms with van der Waals surface area (Å²) in [6.07, 6.45) is 8.18. The third-order valence-corrected chi connectivity index (χ3v) is 7.28. The second-order valence-corrected chi connectivity index (χ2v) is 9.00. The summed E-state index contributed by atoms with van der Waals surface area (Å²) in [5, 5.41) is 3.20. The molecule has 1 saturated heterocycles. The summed E-state index contributed by atoms with van der Waals surface area (Å²) in [5.74, 6) is -0.164. The van der Waals surface area contributed by atoms with Gasteiger partial charge in [0.05, 0.1) is 17.6 Å². The summed E-state index contributed by atoms with van der Waals surface area (Å²) >= 11 is 0. The van der Waals surface area contributed by atoms with E-state index in [4.69, 9.17) is 4.74 Å². The molecule has 3 atom stereocenters. The Morgan fingerprint density at radius 2 is 2.00 bits per heavy atom. The zero-order valence-electron chi connectivity index (χ0n) is 17.8. The van der Waals surface area contributed by atoms with Crippen LogP contribution in [0.4, 0.5) is 0 Å². The molecule has 2 amide bonds. The number of ether oxygens (including phenoxy) is 1. The van der Waals surface area contributed by atoms with Gasteiger partial charge in [-0.05, 0) is 50.7 Å². The highest BCUT2D eigenvalue weighted by molar-refractivity contribution is 6.02. The highest BCUT2D eigenvalue weighted by Gasteiger charge is 2.55. The normalized spacial score (nSPS) is 27.0. The number of nitrogens with zero attached hydrogens (tertiary/aromatic N) is 1. The van der Waals surface area contributed by atoms with Gasteiger partial charge in [-0.15, -0.1) is 0 Å². The number of amides is 2. The lowest BCUT2D eigenvalue weighted by Gasteiger charge is -2.55. The van der Waals surface area contributed by atoms with Gasteiger partial charge < -0.3 is 15.0 Å². The Balaban J connectivity index is 1.74. The standard InChI is InChI=1S/C24H34N2O3/c1-3-17(2)26-23(28)20-12-6-5-11-19(20)21(24(26)13-7-4-8-14-24)22(27)25-16-18-10-9-15-29-18/h5-6,11-12,17-18,21H,3-4,7-10,13-16H2,1-2H3,(H,25,27)/t17-,18-,21-/m0/s1. The first-order valence-electron chi connectivity index (χ1n) is 11.4. The van der Waals surface area contributed by atoms with E-state index in [1.807, 2.05) is 24.3 Å². The molecule has 1 N–H and O–H groups in total. The zero-order chi connectivity index (χ0) is 20.4. The Morgan fingerprint density at radius 3 is 2.69 bits per heavy atom. The maximum atomic E-state index is 13.6. The van der Waals surface area contributed by atoms with Crippen LogP contribution in [-0.2, 0) is 9.53 Å². The number of rotatable bonds is 5. The summed E-state index contributed by atoms with van der Waals surface area (Å²) in [7, 11) is 0. The zero-order valence-corrected chi connectivity index (χ0v) is 17.8. The van der Waals surface area contributed by atoms with Crippen molar-refractivity contribution in [3.8, 4) is 0 Å². The van der Waals surface area contributed by atoms with Crippen molar-refractivity contribution in [2.75, 3.05) is 13.2 Å². The molecule has 1 aromatic carbocycles. The van der Waals surface area contributed by atoms with Gasteiger partial charge >= 0.3 is 0 Å². The van der Waals surface area contributed by atoms with Crippen molar-refractivity contribution in [3.63, 3.8) is 0 Å². The molecule has 1 aliphatic carbocycles. The predicted molar refractivity (Wildman–Crippen MR) is 113 cm³/mol. The molecule has 4 rings (SSSR count). The minimum absolute atomic E-state index is 0.0515. The van der Waals surface area contributed by atoms with Gasteiger partial charge in [-0.2, -0.15) is 0 Å². The van der Waals surface area contributed by atoms with E-state index in [9.17, 15) is 9.59 Å². The Morgan fingerprint density at radius 1 is 1.24 bits per heavy atom. The fourth-order valence-electron chi connectivity index (χ4n) is 5.73. The number of fused-ring (bicyclic) bond motifs is 1. The smallest absolute Gasteiger partial charge is 0.254 e. The van der Waals surface area contributed by atoms with Crippen LogP contribution in [0.5, 0.6) is 0 Å². The molecule has 1 spiro atoms. The monoisotopic (exact) mass is 398 g/mol. The highest BCUT2D eigenvalue weighted by atomic mass is 16.5. The van der Waals surface area contributed by atoms with Crippen molar-refractivity contribution in [2.45, 2.75) is 88.8 Å². The van der Waals surface area contributed by atoms with Crippen molar-refractivity contribution < 1.29 is 14.3 Å². The third-order valence-electron chi connectivity index (χ3n) is 7.28. The molecular formula is C24H34N2O3. The number of hydrogen-bond acceptors (Lipinski definition) is 3. The molecule has 0 radical (unpaired) electrons. The molecule has 3 aliphatic rings. The van der Waals surface area contributed by atoms with Crippen molar-refractivity contribution in [3.05, 3.63) is 35.4 Å². The quantitative estimate of drug-likeness (QED) is 0.815. The second-order valence-electron chi connectivity index (χ2n) is 9.00. The van der Waals surface area contributed by atoms with Gasteiger partial charge in [-0.25, -0.2) is 0 Å². The van der Waals surface area contributed by atoms with E-state index in [0.717, 1.165) is 57.1 Å². The molecule has 5 heteroatoms. The van der Waals surface area contributed by atoms with Crippen LogP contribution < -0.4 is 5.32 Å². The van der Waals surface area contributed by atoms with E-state index in [1.54, 1.807) is 0 Å². The van der Waals surface area contributed by atoms with Crippen LogP contribution in [0.3, 0.4) is 0 Å². The number of hydrogen-bond donors (Lipinski definition) is 1. The lowest BCUT2D eigenvalue weighted by molar-refractivity contribution is -0.128. The molecule has 158 valence electrons.